The first-order valence-corrected chi connectivity index (χ1v) is 8.04. The van der Waals surface area contributed by atoms with Crippen LogP contribution in [0.1, 0.15) is 16.7 Å². The average Bonchev–Trinajstić information content (AvgIpc) is 2.80. The van der Waals surface area contributed by atoms with Crippen LogP contribution in [0.5, 0.6) is 0 Å². The van der Waals surface area contributed by atoms with E-state index in [1.807, 2.05) is 25.1 Å². The van der Waals surface area contributed by atoms with Gasteiger partial charge in [0.25, 0.3) is 0 Å². The van der Waals surface area contributed by atoms with E-state index in [0.29, 0.717) is 16.5 Å². The Morgan fingerprint density at radius 2 is 1.20 bits per heavy atom. The molecule has 1 aromatic heterocycles. The third-order valence-corrected chi connectivity index (χ3v) is 4.50. The van der Waals surface area contributed by atoms with Gasteiger partial charge in [-0.05, 0) is 68.3 Å². The van der Waals surface area contributed by atoms with Crippen molar-refractivity contribution in [1.29, 1.82) is 0 Å². The van der Waals surface area contributed by atoms with Crippen molar-refractivity contribution in [2.75, 3.05) is 0 Å². The van der Waals surface area contributed by atoms with E-state index < -0.39 is 17.5 Å². The number of halogens is 3. The van der Waals surface area contributed by atoms with Gasteiger partial charge in [-0.3, -0.25) is 0 Å². The minimum Gasteiger partial charge on any atom is -0.301 e. The molecule has 0 fully saturated rings. The number of rotatable bonds is 1. The molecule has 0 N–H and O–H groups in total. The van der Waals surface area contributed by atoms with Gasteiger partial charge in [0.1, 0.15) is 23.1 Å². The summed E-state index contributed by atoms with van der Waals surface area (Å²) in [5.41, 5.74) is 2.75. The molecule has 1 nitrogen and oxygen atoms in total. The predicted octanol–water partition coefficient (Wildman–Crippen LogP) is 6.13. The van der Waals surface area contributed by atoms with Gasteiger partial charge in [0.15, 0.2) is 0 Å². The molecule has 0 unspecified atom stereocenters. The Labute approximate surface area is 143 Å². The number of nitrogens with zero attached hydrogens (tertiary/aromatic N) is 1. The monoisotopic (exact) mass is 339 g/mol. The first-order valence-electron chi connectivity index (χ1n) is 8.04. The van der Waals surface area contributed by atoms with Crippen LogP contribution in [0.3, 0.4) is 0 Å². The van der Waals surface area contributed by atoms with Crippen molar-refractivity contribution in [2.45, 2.75) is 20.8 Å². The summed E-state index contributed by atoms with van der Waals surface area (Å²) < 4.78 is 45.4. The number of aromatic nitrogens is 1. The lowest BCUT2D eigenvalue weighted by Crippen LogP contribution is -2.03. The topological polar surface area (TPSA) is 4.93 Å². The zero-order valence-corrected chi connectivity index (χ0v) is 14.1. The minimum absolute atomic E-state index is 0.188. The van der Waals surface area contributed by atoms with E-state index in [1.54, 1.807) is 19.9 Å². The van der Waals surface area contributed by atoms with E-state index in [-0.39, 0.29) is 11.2 Å². The minimum atomic E-state index is -0.711. The van der Waals surface area contributed by atoms with Gasteiger partial charge in [-0.15, -0.1) is 0 Å². The van der Waals surface area contributed by atoms with Crippen molar-refractivity contribution < 1.29 is 13.2 Å². The molecule has 0 radical (unpaired) electrons. The van der Waals surface area contributed by atoms with Gasteiger partial charge in [0, 0.05) is 10.8 Å². The molecule has 4 heteroatoms. The Balaban J connectivity index is 2.28. The molecule has 1 heterocycles. The fraction of sp³-hybridized carbons (Fsp3) is 0.143. The first-order chi connectivity index (χ1) is 11.9. The van der Waals surface area contributed by atoms with Gasteiger partial charge < -0.3 is 4.57 Å². The van der Waals surface area contributed by atoms with Crippen LogP contribution in [0.4, 0.5) is 13.2 Å². The highest BCUT2D eigenvalue weighted by Gasteiger charge is 2.21. The van der Waals surface area contributed by atoms with Crippen molar-refractivity contribution in [3.8, 4) is 5.69 Å². The Morgan fingerprint density at radius 1 is 0.640 bits per heavy atom. The molecule has 4 aromatic rings. The smallest absolute Gasteiger partial charge is 0.150 e. The zero-order valence-electron chi connectivity index (χ0n) is 14.1. The maximum Gasteiger partial charge on any atom is 0.150 e. The third kappa shape index (κ3) is 2.32. The normalized spacial score (nSPS) is 11.6. The molecule has 0 amide bonds. The van der Waals surface area contributed by atoms with Gasteiger partial charge in [-0.1, -0.05) is 11.6 Å². The summed E-state index contributed by atoms with van der Waals surface area (Å²) in [7, 11) is 0. The number of hydrogen-bond donors (Lipinski definition) is 0. The van der Waals surface area contributed by atoms with Crippen LogP contribution in [0.15, 0.2) is 42.5 Å². The third-order valence-electron chi connectivity index (χ3n) is 4.50. The Bertz CT molecular complexity index is 1130. The molecule has 0 saturated heterocycles. The van der Waals surface area contributed by atoms with Gasteiger partial charge in [-0.2, -0.15) is 0 Å². The van der Waals surface area contributed by atoms with Gasteiger partial charge in [0.2, 0.25) is 0 Å². The van der Waals surface area contributed by atoms with Crippen LogP contribution in [0, 0.1) is 38.2 Å². The van der Waals surface area contributed by atoms with Gasteiger partial charge in [-0.25, -0.2) is 13.2 Å². The van der Waals surface area contributed by atoms with Crippen LogP contribution in [-0.4, -0.2) is 4.57 Å². The fourth-order valence-corrected chi connectivity index (χ4v) is 3.49. The highest BCUT2D eigenvalue weighted by atomic mass is 19.1. The molecule has 0 aliphatic carbocycles. The lowest BCUT2D eigenvalue weighted by Gasteiger charge is -2.12. The quantitative estimate of drug-likeness (QED) is 0.393. The summed E-state index contributed by atoms with van der Waals surface area (Å²) in [4.78, 5) is 0. The summed E-state index contributed by atoms with van der Waals surface area (Å²) in [6.07, 6.45) is 0. The SMILES string of the molecule is Cc1cc(F)c(-n2c3ccc(C)cc3c3cc(C)cc(F)c32)c(F)c1. The first kappa shape index (κ1) is 15.8. The van der Waals surface area contributed by atoms with Crippen LogP contribution >= 0.6 is 0 Å². The Hall–Kier alpha value is -2.75. The molecule has 0 saturated carbocycles. The second kappa shape index (κ2) is 5.38. The fourth-order valence-electron chi connectivity index (χ4n) is 3.49. The number of aryl methyl sites for hydroxylation is 3. The molecule has 0 aliphatic heterocycles. The van der Waals surface area contributed by atoms with Crippen LogP contribution in [-0.2, 0) is 0 Å². The highest BCUT2D eigenvalue weighted by Crippen LogP contribution is 2.36. The van der Waals surface area contributed by atoms with Gasteiger partial charge in [0.05, 0.1) is 11.0 Å². The summed E-state index contributed by atoms with van der Waals surface area (Å²) in [6, 6.07) is 11.3. The van der Waals surface area contributed by atoms with Crippen molar-refractivity contribution in [2.24, 2.45) is 0 Å². The summed E-state index contributed by atoms with van der Waals surface area (Å²) in [5.74, 6) is -1.92. The van der Waals surface area contributed by atoms with Crippen molar-refractivity contribution >= 4 is 21.8 Å². The molecule has 25 heavy (non-hydrogen) atoms. The largest absolute Gasteiger partial charge is 0.301 e. The molecule has 126 valence electrons. The molecular weight excluding hydrogens is 323 g/mol. The predicted molar refractivity (Wildman–Crippen MR) is 94.9 cm³/mol. The lowest BCUT2D eigenvalue weighted by atomic mass is 10.1. The molecular formula is C21H16F3N. The van der Waals surface area contributed by atoms with Gasteiger partial charge >= 0.3 is 0 Å². The second-order valence-corrected chi connectivity index (χ2v) is 6.58. The number of fused-ring (bicyclic) bond motifs is 3. The lowest BCUT2D eigenvalue weighted by molar-refractivity contribution is 0.569. The molecule has 4 rings (SSSR count). The van der Waals surface area contributed by atoms with Crippen molar-refractivity contribution in [3.63, 3.8) is 0 Å². The van der Waals surface area contributed by atoms with Crippen LogP contribution in [0.25, 0.3) is 27.5 Å². The van der Waals surface area contributed by atoms with Crippen LogP contribution in [0.2, 0.25) is 0 Å². The van der Waals surface area contributed by atoms with Crippen molar-refractivity contribution in [3.05, 3.63) is 76.6 Å². The van der Waals surface area contributed by atoms with Crippen molar-refractivity contribution in [1.82, 2.24) is 4.57 Å². The number of hydrogen-bond acceptors (Lipinski definition) is 0. The molecule has 0 spiro atoms. The maximum absolute atomic E-state index is 14.8. The maximum atomic E-state index is 14.8. The van der Waals surface area contributed by atoms with E-state index in [2.05, 4.69) is 0 Å². The average molecular weight is 339 g/mol. The standard InChI is InChI=1S/C21H16F3N/c1-11-4-5-19-14(6-11)15-7-12(2)8-16(22)20(15)25(19)21-17(23)9-13(3)10-18(21)24/h4-10H,1-3H3. The number of benzene rings is 3. The summed E-state index contributed by atoms with van der Waals surface area (Å²) in [5, 5.41) is 1.42. The van der Waals surface area contributed by atoms with E-state index in [9.17, 15) is 13.2 Å². The van der Waals surface area contributed by atoms with E-state index in [4.69, 9.17) is 0 Å². The summed E-state index contributed by atoms with van der Waals surface area (Å²) in [6.45, 7) is 5.35. The highest BCUT2D eigenvalue weighted by molar-refractivity contribution is 6.10. The van der Waals surface area contributed by atoms with E-state index in [1.165, 1.54) is 22.8 Å². The second-order valence-electron chi connectivity index (χ2n) is 6.58. The zero-order chi connectivity index (χ0) is 17.9. The van der Waals surface area contributed by atoms with E-state index in [0.717, 1.165) is 16.5 Å². The molecule has 0 bridgehead atoms. The Kier molecular flexibility index (Phi) is 3.39. The van der Waals surface area contributed by atoms with E-state index >= 15 is 0 Å². The molecule has 3 aromatic carbocycles. The molecule has 0 atom stereocenters. The van der Waals surface area contributed by atoms with Crippen LogP contribution < -0.4 is 0 Å². The Morgan fingerprint density at radius 3 is 1.88 bits per heavy atom. The molecule has 0 aliphatic rings. The summed E-state index contributed by atoms with van der Waals surface area (Å²) >= 11 is 0.